The number of carbonyl (C=O) groups is 2. The molecule has 0 N–H and O–H groups in total. The Bertz CT molecular complexity index is 890. The summed E-state index contributed by atoms with van der Waals surface area (Å²) in [6.07, 6.45) is 2.26. The van der Waals surface area contributed by atoms with Gasteiger partial charge in [0.2, 0.25) is 5.91 Å². The molecule has 2 aromatic rings. The van der Waals surface area contributed by atoms with Gasteiger partial charge in [-0.05, 0) is 30.9 Å². The topological polar surface area (TPSA) is 63.9 Å². The van der Waals surface area contributed by atoms with Crippen LogP contribution in [-0.4, -0.2) is 59.6 Å². The predicted molar refractivity (Wildman–Crippen MR) is 115 cm³/mol. The fraction of sp³-hybridized carbons (Fsp3) is 0.550. The minimum Gasteiger partial charge on any atom is -0.383 e. The molecule has 1 saturated heterocycles. The molecule has 2 amide bonds. The minimum absolute atomic E-state index is 0.126. The van der Waals surface area contributed by atoms with Crippen molar-refractivity contribution in [3.8, 4) is 0 Å². The molecular formula is C20H27N3O3S2. The summed E-state index contributed by atoms with van der Waals surface area (Å²) in [6.45, 7) is 5.05. The first-order valence-corrected chi connectivity index (χ1v) is 11.6. The molecule has 0 radical (unpaired) electrons. The Balaban J connectivity index is 1.62. The zero-order valence-corrected chi connectivity index (χ0v) is 18.1. The number of ether oxygens (including phenoxy) is 1. The molecule has 1 fully saturated rings. The number of benzene rings is 1. The van der Waals surface area contributed by atoms with Gasteiger partial charge in [0.1, 0.15) is 0 Å². The van der Waals surface area contributed by atoms with E-state index in [9.17, 15) is 9.59 Å². The summed E-state index contributed by atoms with van der Waals surface area (Å²) in [5.41, 5.74) is 1.05. The van der Waals surface area contributed by atoms with E-state index in [1.165, 1.54) is 29.5 Å². The predicted octanol–water partition coefficient (Wildman–Crippen LogP) is 2.77. The Morgan fingerprint density at radius 1 is 1.32 bits per heavy atom. The van der Waals surface area contributed by atoms with Crippen molar-refractivity contribution in [2.45, 2.75) is 26.3 Å². The number of likely N-dealkylation sites (tertiary alicyclic amines) is 1. The van der Waals surface area contributed by atoms with E-state index >= 15 is 0 Å². The fourth-order valence-electron chi connectivity index (χ4n) is 3.38. The number of aromatic nitrogens is 1. The highest BCUT2D eigenvalue weighted by Gasteiger charge is 2.20. The number of para-hydroxylation sites is 1. The maximum Gasteiger partial charge on any atom is 0.258 e. The zero-order chi connectivity index (χ0) is 19.9. The number of thioether (sulfide) groups is 1. The molecule has 0 saturated carbocycles. The Kier molecular flexibility index (Phi) is 7.70. The van der Waals surface area contributed by atoms with Gasteiger partial charge in [0.25, 0.3) is 5.91 Å². The molecule has 0 unspecified atom stereocenters. The number of fused-ring (bicyclic) bond motifs is 1. The normalized spacial score (nSPS) is 18.0. The maximum absolute atomic E-state index is 12.4. The summed E-state index contributed by atoms with van der Waals surface area (Å²) in [6, 6.07) is 8.01. The van der Waals surface area contributed by atoms with E-state index in [-0.39, 0.29) is 17.6 Å². The summed E-state index contributed by atoms with van der Waals surface area (Å²) in [4.78, 5) is 31.6. The van der Waals surface area contributed by atoms with Crippen LogP contribution in [0.25, 0.3) is 10.2 Å². The first kappa shape index (κ1) is 21.1. The van der Waals surface area contributed by atoms with E-state index in [0.29, 0.717) is 29.6 Å². The number of nitrogens with zero attached hydrogens (tertiary/aromatic N) is 3. The summed E-state index contributed by atoms with van der Waals surface area (Å²) in [5, 5.41) is 0. The summed E-state index contributed by atoms with van der Waals surface area (Å²) in [5.74, 6) is 1.04. The average Bonchev–Trinajstić information content (AvgIpc) is 3.03. The van der Waals surface area contributed by atoms with E-state index in [2.05, 4.69) is 11.9 Å². The lowest BCUT2D eigenvalue weighted by atomic mass is 10.0. The highest BCUT2D eigenvalue weighted by atomic mass is 32.2. The molecule has 0 bridgehead atoms. The van der Waals surface area contributed by atoms with Crippen LogP contribution in [0.3, 0.4) is 0 Å². The van der Waals surface area contributed by atoms with Gasteiger partial charge in [0.05, 0.1) is 28.3 Å². The third kappa shape index (κ3) is 5.46. The lowest BCUT2D eigenvalue weighted by Gasteiger charge is -2.30. The summed E-state index contributed by atoms with van der Waals surface area (Å²) < 4.78 is 8.30. The Labute approximate surface area is 173 Å². The third-order valence-corrected chi connectivity index (χ3v) is 6.75. The van der Waals surface area contributed by atoms with Gasteiger partial charge >= 0.3 is 0 Å². The van der Waals surface area contributed by atoms with Crippen LogP contribution in [-0.2, 0) is 20.9 Å². The molecule has 1 aliphatic heterocycles. The monoisotopic (exact) mass is 421 g/mol. The standard InChI is InChI=1S/C20H27N3O3S2/c1-15-6-5-9-22(12-15)19(25)14-27-13-18(24)21-20-23(10-11-26-2)16-7-3-4-8-17(16)28-20/h3-4,7-8,15H,5-6,9-14H2,1-2H3/t15-/m0/s1. The van der Waals surface area contributed by atoms with E-state index in [4.69, 9.17) is 4.74 Å². The lowest BCUT2D eigenvalue weighted by molar-refractivity contribution is -0.130. The summed E-state index contributed by atoms with van der Waals surface area (Å²) >= 11 is 2.85. The highest BCUT2D eigenvalue weighted by molar-refractivity contribution is 8.00. The second-order valence-corrected chi connectivity index (χ2v) is 9.08. The zero-order valence-electron chi connectivity index (χ0n) is 16.4. The van der Waals surface area contributed by atoms with Crippen LogP contribution >= 0.6 is 23.1 Å². The average molecular weight is 422 g/mol. The maximum atomic E-state index is 12.4. The largest absolute Gasteiger partial charge is 0.383 e. The molecular weight excluding hydrogens is 394 g/mol. The van der Waals surface area contributed by atoms with Crippen molar-refractivity contribution in [3.63, 3.8) is 0 Å². The Morgan fingerprint density at radius 3 is 2.93 bits per heavy atom. The lowest BCUT2D eigenvalue weighted by Crippen LogP contribution is -2.40. The smallest absolute Gasteiger partial charge is 0.258 e. The van der Waals surface area contributed by atoms with Gasteiger partial charge in [-0.1, -0.05) is 30.4 Å². The molecule has 152 valence electrons. The van der Waals surface area contributed by atoms with E-state index < -0.39 is 0 Å². The van der Waals surface area contributed by atoms with Crippen LogP contribution in [0.5, 0.6) is 0 Å². The van der Waals surface area contributed by atoms with Gasteiger partial charge in [0, 0.05) is 26.7 Å². The van der Waals surface area contributed by atoms with Crippen molar-refractivity contribution in [2.24, 2.45) is 10.9 Å². The number of thiazole rings is 1. The molecule has 0 aliphatic carbocycles. The van der Waals surface area contributed by atoms with Gasteiger partial charge in [-0.15, -0.1) is 11.8 Å². The SMILES string of the molecule is COCCn1c(=NC(=O)CSCC(=O)N2CCC[C@H](C)C2)sc2ccccc21. The fourth-order valence-corrected chi connectivity index (χ4v) is 5.15. The van der Waals surface area contributed by atoms with Crippen LogP contribution < -0.4 is 4.80 Å². The van der Waals surface area contributed by atoms with E-state index in [0.717, 1.165) is 29.7 Å². The molecule has 8 heteroatoms. The van der Waals surface area contributed by atoms with Crippen LogP contribution in [0.1, 0.15) is 19.8 Å². The number of hydrogen-bond donors (Lipinski definition) is 0. The number of methoxy groups -OCH3 is 1. The van der Waals surface area contributed by atoms with Crippen molar-refractivity contribution < 1.29 is 14.3 Å². The van der Waals surface area contributed by atoms with Crippen LogP contribution in [0.4, 0.5) is 0 Å². The Morgan fingerprint density at radius 2 is 2.14 bits per heavy atom. The van der Waals surface area contributed by atoms with Gasteiger partial charge in [0.15, 0.2) is 4.80 Å². The number of hydrogen-bond acceptors (Lipinski definition) is 5. The minimum atomic E-state index is -0.206. The van der Waals surface area contributed by atoms with Gasteiger partial charge in [-0.2, -0.15) is 4.99 Å². The van der Waals surface area contributed by atoms with Crippen molar-refractivity contribution >= 4 is 45.1 Å². The highest BCUT2D eigenvalue weighted by Crippen LogP contribution is 2.18. The molecule has 1 aromatic heterocycles. The Hall–Kier alpha value is -1.64. The molecule has 0 spiro atoms. The molecule has 2 heterocycles. The van der Waals surface area contributed by atoms with E-state index in [1.807, 2.05) is 33.7 Å². The van der Waals surface area contributed by atoms with Gasteiger partial charge in [-0.25, -0.2) is 0 Å². The molecule has 1 atom stereocenters. The molecule has 6 nitrogen and oxygen atoms in total. The van der Waals surface area contributed by atoms with Crippen molar-refractivity contribution in [1.82, 2.24) is 9.47 Å². The number of piperidine rings is 1. The van der Waals surface area contributed by atoms with E-state index in [1.54, 1.807) is 7.11 Å². The summed E-state index contributed by atoms with van der Waals surface area (Å²) in [7, 11) is 1.66. The second kappa shape index (κ2) is 10.2. The van der Waals surface area contributed by atoms with Gasteiger partial charge in [-0.3, -0.25) is 9.59 Å². The number of rotatable bonds is 7. The van der Waals surface area contributed by atoms with Crippen molar-refractivity contribution in [3.05, 3.63) is 29.1 Å². The van der Waals surface area contributed by atoms with Crippen LogP contribution in [0.2, 0.25) is 0 Å². The van der Waals surface area contributed by atoms with Crippen LogP contribution in [0, 0.1) is 5.92 Å². The molecule has 1 aliphatic rings. The van der Waals surface area contributed by atoms with Crippen LogP contribution in [0.15, 0.2) is 29.3 Å². The van der Waals surface area contributed by atoms with Crippen molar-refractivity contribution in [2.75, 3.05) is 38.3 Å². The molecule has 1 aromatic carbocycles. The van der Waals surface area contributed by atoms with Crippen molar-refractivity contribution in [1.29, 1.82) is 0 Å². The van der Waals surface area contributed by atoms with Gasteiger partial charge < -0.3 is 14.2 Å². The first-order valence-electron chi connectivity index (χ1n) is 9.59. The number of carbonyl (C=O) groups excluding carboxylic acids is 2. The molecule has 28 heavy (non-hydrogen) atoms. The first-order chi connectivity index (χ1) is 13.6. The quantitative estimate of drug-likeness (QED) is 0.690. The second-order valence-electron chi connectivity index (χ2n) is 7.08. The third-order valence-electron chi connectivity index (χ3n) is 4.79. The number of amides is 2. The molecule has 3 rings (SSSR count).